The van der Waals surface area contributed by atoms with Gasteiger partial charge in [-0.05, 0) is 12.0 Å². The minimum absolute atomic E-state index is 0.0953. The lowest BCUT2D eigenvalue weighted by Crippen LogP contribution is -2.35. The number of nitrogens with zero attached hydrogens (tertiary/aromatic N) is 2. The number of carboxylic acids is 1. The van der Waals surface area contributed by atoms with Crippen molar-refractivity contribution in [2.24, 2.45) is 5.92 Å². The van der Waals surface area contributed by atoms with Crippen molar-refractivity contribution in [3.05, 3.63) is 27.1 Å². The van der Waals surface area contributed by atoms with E-state index in [2.05, 4.69) is 0 Å². The molecule has 1 aromatic rings. The first-order valence-corrected chi connectivity index (χ1v) is 6.88. The van der Waals surface area contributed by atoms with Crippen LogP contribution in [0.3, 0.4) is 0 Å². The zero-order chi connectivity index (χ0) is 15.3. The first-order chi connectivity index (χ1) is 9.31. The van der Waals surface area contributed by atoms with E-state index in [0.717, 1.165) is 11.3 Å². The number of hydrogen-bond acceptors (Lipinski definition) is 5. The quantitative estimate of drug-likeness (QED) is 0.614. The summed E-state index contributed by atoms with van der Waals surface area (Å²) in [5.41, 5.74) is 0. The highest BCUT2D eigenvalue weighted by Gasteiger charge is 2.21. The van der Waals surface area contributed by atoms with Crippen LogP contribution in [0.1, 0.15) is 29.9 Å². The lowest BCUT2D eigenvalue weighted by Gasteiger charge is -2.23. The number of thiophene rings is 1. The van der Waals surface area contributed by atoms with Crippen LogP contribution in [0.2, 0.25) is 0 Å². The molecule has 1 rings (SSSR count). The van der Waals surface area contributed by atoms with E-state index in [-0.39, 0.29) is 34.7 Å². The maximum Gasteiger partial charge on any atom is 0.324 e. The fraction of sp³-hybridized carbons (Fsp3) is 0.500. The molecule has 110 valence electrons. The molecule has 0 fully saturated rings. The average Bonchev–Trinajstić information content (AvgIpc) is 2.82. The van der Waals surface area contributed by atoms with Gasteiger partial charge in [-0.1, -0.05) is 25.2 Å². The van der Waals surface area contributed by atoms with Crippen molar-refractivity contribution in [3.8, 4) is 0 Å². The van der Waals surface area contributed by atoms with Gasteiger partial charge < -0.3 is 10.0 Å². The lowest BCUT2D eigenvalue weighted by atomic mass is 10.2. The number of amides is 1. The Bertz CT molecular complexity index is 512. The molecule has 8 heteroatoms. The van der Waals surface area contributed by atoms with Crippen LogP contribution in [0.25, 0.3) is 0 Å². The minimum atomic E-state index is -0.983. The molecule has 0 unspecified atom stereocenters. The van der Waals surface area contributed by atoms with E-state index in [4.69, 9.17) is 5.11 Å². The maximum absolute atomic E-state index is 12.2. The van der Waals surface area contributed by atoms with Gasteiger partial charge in [-0.25, -0.2) is 0 Å². The SMILES string of the molecule is CC(C)CN(CCC(=O)O)C(=O)c1ccc([N+](=O)[O-])s1. The first kappa shape index (κ1) is 16.1. The Morgan fingerprint density at radius 2 is 2.10 bits per heavy atom. The second kappa shape index (κ2) is 6.99. The zero-order valence-corrected chi connectivity index (χ0v) is 12.1. The molecule has 0 aliphatic rings. The van der Waals surface area contributed by atoms with Gasteiger partial charge in [-0.2, -0.15) is 0 Å². The summed E-state index contributed by atoms with van der Waals surface area (Å²) in [5, 5.41) is 19.2. The molecule has 0 spiro atoms. The number of rotatable bonds is 7. The maximum atomic E-state index is 12.2. The molecular weight excluding hydrogens is 284 g/mol. The van der Waals surface area contributed by atoms with Crippen LogP contribution < -0.4 is 0 Å². The number of nitro groups is 1. The van der Waals surface area contributed by atoms with Crippen LogP contribution in [0.4, 0.5) is 5.00 Å². The smallest absolute Gasteiger partial charge is 0.324 e. The van der Waals surface area contributed by atoms with Crippen molar-refractivity contribution in [2.45, 2.75) is 20.3 Å². The van der Waals surface area contributed by atoms with Crippen LogP contribution in [0, 0.1) is 16.0 Å². The highest BCUT2D eigenvalue weighted by molar-refractivity contribution is 7.17. The fourth-order valence-corrected chi connectivity index (χ4v) is 2.43. The van der Waals surface area contributed by atoms with Crippen molar-refractivity contribution in [2.75, 3.05) is 13.1 Å². The molecule has 1 heterocycles. The van der Waals surface area contributed by atoms with Crippen molar-refractivity contribution in [3.63, 3.8) is 0 Å². The molecule has 0 radical (unpaired) electrons. The van der Waals surface area contributed by atoms with Gasteiger partial charge in [0.2, 0.25) is 0 Å². The third kappa shape index (κ3) is 4.61. The Labute approximate surface area is 120 Å². The molecule has 1 N–H and O–H groups in total. The van der Waals surface area contributed by atoms with Crippen LogP contribution in [-0.4, -0.2) is 39.9 Å². The van der Waals surface area contributed by atoms with E-state index in [1.165, 1.54) is 17.0 Å². The van der Waals surface area contributed by atoms with Crippen molar-refractivity contribution in [1.29, 1.82) is 0 Å². The number of carbonyl (C=O) groups excluding carboxylic acids is 1. The predicted octanol–water partition coefficient (Wildman–Crippen LogP) is 2.23. The Hall–Kier alpha value is -1.96. The minimum Gasteiger partial charge on any atom is -0.481 e. The van der Waals surface area contributed by atoms with E-state index < -0.39 is 10.9 Å². The molecule has 20 heavy (non-hydrogen) atoms. The van der Waals surface area contributed by atoms with E-state index in [1.54, 1.807) is 0 Å². The summed E-state index contributed by atoms with van der Waals surface area (Å²) in [4.78, 5) is 34.6. The Morgan fingerprint density at radius 1 is 1.45 bits per heavy atom. The zero-order valence-electron chi connectivity index (χ0n) is 11.2. The molecule has 0 aliphatic heterocycles. The predicted molar refractivity (Wildman–Crippen MR) is 74.0 cm³/mol. The van der Waals surface area contributed by atoms with Crippen LogP contribution >= 0.6 is 11.3 Å². The second-order valence-corrected chi connectivity index (χ2v) is 5.75. The van der Waals surface area contributed by atoms with Gasteiger partial charge in [0.1, 0.15) is 0 Å². The molecule has 1 aromatic heterocycles. The van der Waals surface area contributed by atoms with Gasteiger partial charge in [0.15, 0.2) is 0 Å². The van der Waals surface area contributed by atoms with Gasteiger partial charge in [0.05, 0.1) is 16.2 Å². The van der Waals surface area contributed by atoms with Gasteiger partial charge in [0.25, 0.3) is 5.91 Å². The van der Waals surface area contributed by atoms with Crippen molar-refractivity contribution >= 4 is 28.2 Å². The van der Waals surface area contributed by atoms with Gasteiger partial charge in [-0.3, -0.25) is 19.7 Å². The highest BCUT2D eigenvalue weighted by atomic mass is 32.1. The van der Waals surface area contributed by atoms with E-state index in [0.29, 0.717) is 6.54 Å². The topological polar surface area (TPSA) is 101 Å². The summed E-state index contributed by atoms with van der Waals surface area (Å²) in [6.07, 6.45) is -0.147. The summed E-state index contributed by atoms with van der Waals surface area (Å²) >= 11 is 0.801. The Balaban J connectivity index is 2.84. The fourth-order valence-electron chi connectivity index (χ4n) is 1.64. The number of aliphatic carboxylic acids is 1. The summed E-state index contributed by atoms with van der Waals surface area (Å²) < 4.78 is 0. The third-order valence-electron chi connectivity index (χ3n) is 2.45. The molecule has 0 saturated heterocycles. The number of carboxylic acid groups (broad SMARTS) is 1. The molecular formula is C12H16N2O5S. The second-order valence-electron chi connectivity index (χ2n) is 4.68. The van der Waals surface area contributed by atoms with Crippen molar-refractivity contribution < 1.29 is 19.6 Å². The molecule has 0 aliphatic carbocycles. The summed E-state index contributed by atoms with van der Waals surface area (Å²) in [6.45, 7) is 4.34. The molecule has 1 amide bonds. The third-order valence-corrected chi connectivity index (χ3v) is 3.48. The van der Waals surface area contributed by atoms with Crippen molar-refractivity contribution in [1.82, 2.24) is 4.90 Å². The van der Waals surface area contributed by atoms with Crippen LogP contribution in [0.5, 0.6) is 0 Å². The van der Waals surface area contributed by atoms with E-state index in [1.807, 2.05) is 13.8 Å². The summed E-state index contributed by atoms with van der Waals surface area (Å²) in [5.74, 6) is -1.16. The Morgan fingerprint density at radius 3 is 2.55 bits per heavy atom. The largest absolute Gasteiger partial charge is 0.481 e. The van der Waals surface area contributed by atoms with E-state index >= 15 is 0 Å². The van der Waals surface area contributed by atoms with Crippen LogP contribution in [-0.2, 0) is 4.79 Å². The standard InChI is InChI=1S/C12H16N2O5S/c1-8(2)7-13(6-5-11(15)16)12(17)9-3-4-10(20-9)14(18)19/h3-4,8H,5-7H2,1-2H3,(H,15,16). The molecule has 0 atom stereocenters. The lowest BCUT2D eigenvalue weighted by molar-refractivity contribution is -0.380. The number of carbonyl (C=O) groups is 2. The molecule has 7 nitrogen and oxygen atoms in total. The normalized spacial score (nSPS) is 10.6. The van der Waals surface area contributed by atoms with E-state index in [9.17, 15) is 19.7 Å². The monoisotopic (exact) mass is 300 g/mol. The number of hydrogen-bond donors (Lipinski definition) is 1. The average molecular weight is 300 g/mol. The molecule has 0 aromatic carbocycles. The molecule has 0 saturated carbocycles. The summed E-state index contributed by atoms with van der Waals surface area (Å²) in [6, 6.07) is 2.68. The Kier molecular flexibility index (Phi) is 5.63. The van der Waals surface area contributed by atoms with Crippen LogP contribution in [0.15, 0.2) is 12.1 Å². The molecule has 0 bridgehead atoms. The van der Waals surface area contributed by atoms with Gasteiger partial charge >= 0.3 is 11.0 Å². The van der Waals surface area contributed by atoms with Gasteiger partial charge in [-0.15, -0.1) is 0 Å². The first-order valence-electron chi connectivity index (χ1n) is 6.06. The van der Waals surface area contributed by atoms with Gasteiger partial charge in [0, 0.05) is 19.2 Å². The summed E-state index contributed by atoms with van der Waals surface area (Å²) in [7, 11) is 0. The highest BCUT2D eigenvalue weighted by Crippen LogP contribution is 2.25.